The summed E-state index contributed by atoms with van der Waals surface area (Å²) in [5.74, 6) is 4.61. The Morgan fingerprint density at radius 1 is 1.41 bits per heavy atom. The van der Waals surface area contributed by atoms with E-state index < -0.39 is 5.60 Å². The van der Waals surface area contributed by atoms with Crippen LogP contribution in [0, 0.1) is 5.92 Å². The molecule has 1 rings (SSSR count). The number of rotatable bonds is 5. The maximum Gasteiger partial charge on any atom is 0.237 e. The lowest BCUT2D eigenvalue weighted by atomic mass is 9.88. The molecule has 0 aliphatic carbocycles. The fourth-order valence-corrected chi connectivity index (χ4v) is 1.88. The maximum atomic E-state index is 11.6. The molecule has 1 amide bonds. The van der Waals surface area contributed by atoms with Gasteiger partial charge in [-0.3, -0.25) is 10.2 Å². The van der Waals surface area contributed by atoms with Crippen LogP contribution in [-0.4, -0.2) is 16.6 Å². The molecule has 1 unspecified atom stereocenters. The van der Waals surface area contributed by atoms with Crippen LogP contribution in [0.2, 0.25) is 0 Å². The number of hydrazine groups is 1. The molecular formula is C13H20N2O2. The van der Waals surface area contributed by atoms with Gasteiger partial charge in [-0.25, -0.2) is 5.84 Å². The van der Waals surface area contributed by atoms with E-state index >= 15 is 0 Å². The van der Waals surface area contributed by atoms with E-state index in [-0.39, 0.29) is 11.8 Å². The van der Waals surface area contributed by atoms with Gasteiger partial charge >= 0.3 is 0 Å². The number of carbonyl (C=O) groups is 1. The highest BCUT2D eigenvalue weighted by molar-refractivity contribution is 5.78. The first kappa shape index (κ1) is 13.7. The minimum atomic E-state index is -0.883. The van der Waals surface area contributed by atoms with Gasteiger partial charge in [-0.1, -0.05) is 30.3 Å². The van der Waals surface area contributed by atoms with Crippen molar-refractivity contribution in [3.05, 3.63) is 35.9 Å². The maximum absolute atomic E-state index is 11.6. The van der Waals surface area contributed by atoms with E-state index in [1.54, 1.807) is 13.8 Å². The van der Waals surface area contributed by atoms with E-state index in [0.717, 1.165) is 5.56 Å². The molecular weight excluding hydrogens is 216 g/mol. The summed E-state index contributed by atoms with van der Waals surface area (Å²) in [6, 6.07) is 9.70. The first-order valence-corrected chi connectivity index (χ1v) is 5.69. The molecule has 1 aromatic rings. The minimum absolute atomic E-state index is 0.240. The van der Waals surface area contributed by atoms with Crippen LogP contribution in [0.1, 0.15) is 25.8 Å². The molecule has 4 heteroatoms. The van der Waals surface area contributed by atoms with Crippen LogP contribution < -0.4 is 11.3 Å². The smallest absolute Gasteiger partial charge is 0.237 e. The lowest BCUT2D eigenvalue weighted by Crippen LogP contribution is -2.40. The van der Waals surface area contributed by atoms with Crippen molar-refractivity contribution in [2.75, 3.05) is 0 Å². The fourth-order valence-electron chi connectivity index (χ4n) is 1.88. The average molecular weight is 236 g/mol. The molecule has 0 aromatic heterocycles. The van der Waals surface area contributed by atoms with Crippen LogP contribution in [0.15, 0.2) is 30.3 Å². The lowest BCUT2D eigenvalue weighted by molar-refractivity contribution is -0.127. The first-order valence-electron chi connectivity index (χ1n) is 5.69. The van der Waals surface area contributed by atoms with E-state index in [1.807, 2.05) is 30.3 Å². The summed E-state index contributed by atoms with van der Waals surface area (Å²) in [7, 11) is 0. The van der Waals surface area contributed by atoms with Crippen LogP contribution in [0.4, 0.5) is 0 Å². The van der Waals surface area contributed by atoms with Crippen LogP contribution >= 0.6 is 0 Å². The van der Waals surface area contributed by atoms with E-state index in [0.29, 0.717) is 12.8 Å². The van der Waals surface area contributed by atoms with E-state index in [9.17, 15) is 9.90 Å². The van der Waals surface area contributed by atoms with Gasteiger partial charge in [0, 0.05) is 5.92 Å². The molecule has 4 N–H and O–H groups in total. The number of benzene rings is 1. The van der Waals surface area contributed by atoms with Gasteiger partial charge in [0.1, 0.15) is 0 Å². The van der Waals surface area contributed by atoms with Gasteiger partial charge in [-0.15, -0.1) is 0 Å². The normalized spacial score (nSPS) is 13.2. The molecule has 17 heavy (non-hydrogen) atoms. The SMILES string of the molecule is CC(C)(O)CC(Cc1ccccc1)C(=O)NN. The van der Waals surface area contributed by atoms with Gasteiger partial charge in [-0.2, -0.15) is 0 Å². The van der Waals surface area contributed by atoms with Crippen LogP contribution in [0.3, 0.4) is 0 Å². The Hall–Kier alpha value is -1.39. The van der Waals surface area contributed by atoms with E-state index in [4.69, 9.17) is 5.84 Å². The quantitative estimate of drug-likeness (QED) is 0.405. The second-order valence-corrected chi connectivity index (χ2v) is 4.91. The molecule has 0 bridgehead atoms. The third-order valence-electron chi connectivity index (χ3n) is 2.58. The Kier molecular flexibility index (Phi) is 4.66. The van der Waals surface area contributed by atoms with Crippen molar-refractivity contribution in [3.8, 4) is 0 Å². The Balaban J connectivity index is 2.74. The second kappa shape index (κ2) is 5.80. The third-order valence-corrected chi connectivity index (χ3v) is 2.58. The summed E-state index contributed by atoms with van der Waals surface area (Å²) >= 11 is 0. The summed E-state index contributed by atoms with van der Waals surface area (Å²) in [5, 5.41) is 9.79. The molecule has 4 nitrogen and oxygen atoms in total. The van der Waals surface area contributed by atoms with Gasteiger partial charge < -0.3 is 5.11 Å². The minimum Gasteiger partial charge on any atom is -0.390 e. The van der Waals surface area contributed by atoms with Gasteiger partial charge in [0.25, 0.3) is 0 Å². The summed E-state index contributed by atoms with van der Waals surface area (Å²) in [4.78, 5) is 11.6. The van der Waals surface area contributed by atoms with Crippen molar-refractivity contribution in [1.29, 1.82) is 0 Å². The van der Waals surface area contributed by atoms with Crippen LogP contribution in [0.25, 0.3) is 0 Å². The Morgan fingerprint density at radius 3 is 2.47 bits per heavy atom. The van der Waals surface area contributed by atoms with Crippen LogP contribution in [0.5, 0.6) is 0 Å². The van der Waals surface area contributed by atoms with Gasteiger partial charge in [0.05, 0.1) is 5.60 Å². The number of carbonyl (C=O) groups excluding carboxylic acids is 1. The summed E-state index contributed by atoms with van der Waals surface area (Å²) in [6.07, 6.45) is 0.957. The first-order chi connectivity index (χ1) is 7.92. The summed E-state index contributed by atoms with van der Waals surface area (Å²) < 4.78 is 0. The average Bonchev–Trinajstić information content (AvgIpc) is 2.27. The summed E-state index contributed by atoms with van der Waals surface area (Å²) in [5.41, 5.74) is 2.34. The van der Waals surface area contributed by atoms with E-state index in [1.165, 1.54) is 0 Å². The fraction of sp³-hybridized carbons (Fsp3) is 0.462. The van der Waals surface area contributed by atoms with Crippen molar-refractivity contribution < 1.29 is 9.90 Å². The number of hydrogen-bond acceptors (Lipinski definition) is 3. The highest BCUT2D eigenvalue weighted by atomic mass is 16.3. The molecule has 0 aliphatic rings. The molecule has 0 saturated heterocycles. The zero-order chi connectivity index (χ0) is 12.9. The molecule has 0 aliphatic heterocycles. The standard InChI is InChI=1S/C13H20N2O2/c1-13(2,17)9-11(12(16)15-14)8-10-6-4-3-5-7-10/h3-7,11,17H,8-9,14H2,1-2H3,(H,15,16). The Bertz CT molecular complexity index is 357. The van der Waals surface area contributed by atoms with Crippen molar-refractivity contribution >= 4 is 5.91 Å². The zero-order valence-corrected chi connectivity index (χ0v) is 10.3. The number of nitrogens with two attached hydrogens (primary N) is 1. The molecule has 0 saturated carbocycles. The van der Waals surface area contributed by atoms with Crippen molar-refractivity contribution in [2.45, 2.75) is 32.3 Å². The van der Waals surface area contributed by atoms with E-state index in [2.05, 4.69) is 5.43 Å². The number of nitrogens with one attached hydrogen (secondary N) is 1. The van der Waals surface area contributed by atoms with Gasteiger partial charge in [-0.05, 0) is 32.3 Å². The zero-order valence-electron chi connectivity index (χ0n) is 10.3. The predicted octanol–water partition coefficient (Wildman–Crippen LogP) is 0.996. The molecule has 1 atom stereocenters. The largest absolute Gasteiger partial charge is 0.390 e. The predicted molar refractivity (Wildman–Crippen MR) is 66.9 cm³/mol. The number of hydrogen-bond donors (Lipinski definition) is 3. The monoisotopic (exact) mass is 236 g/mol. The lowest BCUT2D eigenvalue weighted by Gasteiger charge is -2.23. The van der Waals surface area contributed by atoms with Crippen molar-refractivity contribution in [1.82, 2.24) is 5.43 Å². The third kappa shape index (κ3) is 4.97. The van der Waals surface area contributed by atoms with Crippen LogP contribution in [-0.2, 0) is 11.2 Å². The number of amides is 1. The molecule has 1 aromatic carbocycles. The molecule has 94 valence electrons. The second-order valence-electron chi connectivity index (χ2n) is 4.91. The molecule has 0 spiro atoms. The topological polar surface area (TPSA) is 75.3 Å². The van der Waals surface area contributed by atoms with Gasteiger partial charge in [0.15, 0.2) is 0 Å². The van der Waals surface area contributed by atoms with Gasteiger partial charge in [0.2, 0.25) is 5.91 Å². The highest BCUT2D eigenvalue weighted by Gasteiger charge is 2.25. The molecule has 0 fully saturated rings. The van der Waals surface area contributed by atoms with Crippen molar-refractivity contribution in [3.63, 3.8) is 0 Å². The summed E-state index contributed by atoms with van der Waals surface area (Å²) in [6.45, 7) is 3.38. The van der Waals surface area contributed by atoms with Crippen molar-refractivity contribution in [2.24, 2.45) is 11.8 Å². The Labute approximate surface area is 102 Å². The Morgan fingerprint density at radius 2 is 2.00 bits per heavy atom. The molecule has 0 radical (unpaired) electrons. The highest BCUT2D eigenvalue weighted by Crippen LogP contribution is 2.20. The number of aliphatic hydroxyl groups is 1. The molecule has 0 heterocycles.